The van der Waals surface area contributed by atoms with Crippen molar-refractivity contribution in [2.75, 3.05) is 0 Å². The van der Waals surface area contributed by atoms with E-state index in [0.717, 1.165) is 4.47 Å². The van der Waals surface area contributed by atoms with E-state index in [1.54, 1.807) is 5.54 Å². The Bertz CT molecular complexity index is 620. The SMILES string of the molecule is Cl/C=C/[C@H]1CC[C@H](c2ccc(-c3ccc(Br)cc3)cc2)CC1. The van der Waals surface area contributed by atoms with Crippen LogP contribution in [0.2, 0.25) is 0 Å². The first-order valence-electron chi connectivity index (χ1n) is 7.89. The van der Waals surface area contributed by atoms with Gasteiger partial charge in [-0.1, -0.05) is 70.0 Å². The lowest BCUT2D eigenvalue weighted by atomic mass is 9.78. The van der Waals surface area contributed by atoms with Crippen LogP contribution >= 0.6 is 27.5 Å². The molecule has 0 spiro atoms. The molecular formula is C20H20BrCl. The first-order chi connectivity index (χ1) is 10.8. The highest BCUT2D eigenvalue weighted by Crippen LogP contribution is 2.37. The molecule has 0 aromatic heterocycles. The maximum atomic E-state index is 5.69. The van der Waals surface area contributed by atoms with Crippen molar-refractivity contribution in [2.45, 2.75) is 31.6 Å². The minimum atomic E-state index is 0.677. The first kappa shape index (κ1) is 15.8. The van der Waals surface area contributed by atoms with E-state index in [4.69, 9.17) is 11.6 Å². The van der Waals surface area contributed by atoms with Gasteiger partial charge in [-0.15, -0.1) is 0 Å². The molecule has 2 aromatic carbocycles. The highest BCUT2D eigenvalue weighted by atomic mass is 79.9. The van der Waals surface area contributed by atoms with Gasteiger partial charge in [0, 0.05) is 10.0 Å². The summed E-state index contributed by atoms with van der Waals surface area (Å²) < 4.78 is 1.12. The van der Waals surface area contributed by atoms with Gasteiger partial charge in [0.15, 0.2) is 0 Å². The van der Waals surface area contributed by atoms with Crippen molar-refractivity contribution in [3.05, 3.63) is 70.2 Å². The molecule has 0 amide bonds. The molecule has 0 N–H and O–H groups in total. The third-order valence-electron chi connectivity index (χ3n) is 4.68. The average molecular weight is 376 g/mol. The second-order valence-electron chi connectivity index (χ2n) is 6.06. The van der Waals surface area contributed by atoms with E-state index in [-0.39, 0.29) is 0 Å². The van der Waals surface area contributed by atoms with Gasteiger partial charge in [-0.05, 0) is 66.3 Å². The number of halogens is 2. The molecule has 0 radical (unpaired) electrons. The van der Waals surface area contributed by atoms with Crippen LogP contribution in [0.4, 0.5) is 0 Å². The summed E-state index contributed by atoms with van der Waals surface area (Å²) in [6, 6.07) is 17.6. The summed E-state index contributed by atoms with van der Waals surface area (Å²) >= 11 is 9.17. The van der Waals surface area contributed by atoms with E-state index in [1.807, 2.05) is 0 Å². The fourth-order valence-corrected chi connectivity index (χ4v) is 3.81. The molecule has 0 nitrogen and oxygen atoms in total. The molecule has 0 saturated heterocycles. The summed E-state index contributed by atoms with van der Waals surface area (Å²) in [6.07, 6.45) is 7.19. The average Bonchev–Trinajstić information content (AvgIpc) is 2.57. The highest BCUT2D eigenvalue weighted by Gasteiger charge is 2.20. The van der Waals surface area contributed by atoms with Crippen molar-refractivity contribution in [2.24, 2.45) is 5.92 Å². The monoisotopic (exact) mass is 374 g/mol. The third kappa shape index (κ3) is 3.83. The molecule has 0 bridgehead atoms. The van der Waals surface area contributed by atoms with Crippen LogP contribution in [0.3, 0.4) is 0 Å². The minimum absolute atomic E-state index is 0.677. The predicted molar refractivity (Wildman–Crippen MR) is 99.3 cm³/mol. The van der Waals surface area contributed by atoms with Gasteiger partial charge < -0.3 is 0 Å². The van der Waals surface area contributed by atoms with Gasteiger partial charge in [0.2, 0.25) is 0 Å². The number of rotatable bonds is 3. The van der Waals surface area contributed by atoms with Crippen LogP contribution in [0.5, 0.6) is 0 Å². The molecule has 3 rings (SSSR count). The van der Waals surface area contributed by atoms with E-state index in [2.05, 4.69) is 70.5 Å². The normalized spacial score (nSPS) is 22.1. The summed E-state index contributed by atoms with van der Waals surface area (Å²) in [6.45, 7) is 0. The summed E-state index contributed by atoms with van der Waals surface area (Å²) in [5.74, 6) is 1.38. The number of allylic oxidation sites excluding steroid dienone is 1. The molecule has 0 unspecified atom stereocenters. The largest absolute Gasteiger partial charge is 0.0933 e. The number of hydrogen-bond donors (Lipinski definition) is 0. The van der Waals surface area contributed by atoms with Crippen molar-refractivity contribution in [1.82, 2.24) is 0 Å². The van der Waals surface area contributed by atoms with E-state index < -0.39 is 0 Å². The Labute approximate surface area is 146 Å². The molecule has 114 valence electrons. The van der Waals surface area contributed by atoms with Gasteiger partial charge in [0.25, 0.3) is 0 Å². The van der Waals surface area contributed by atoms with Gasteiger partial charge in [0.05, 0.1) is 0 Å². The lowest BCUT2D eigenvalue weighted by Gasteiger charge is -2.27. The summed E-state index contributed by atoms with van der Waals surface area (Å²) in [7, 11) is 0. The second-order valence-corrected chi connectivity index (χ2v) is 7.23. The van der Waals surface area contributed by atoms with Gasteiger partial charge in [-0.2, -0.15) is 0 Å². The molecular weight excluding hydrogens is 356 g/mol. The highest BCUT2D eigenvalue weighted by molar-refractivity contribution is 9.10. The standard InChI is InChI=1S/C20H20BrCl/c21-20-11-9-19(10-12-20)18-7-5-17(6-8-18)16-3-1-15(2-4-16)13-14-22/h5-16H,1-4H2/b14-13+/t15-,16-. The van der Waals surface area contributed by atoms with Crippen LogP contribution in [0.15, 0.2) is 64.6 Å². The Balaban J connectivity index is 1.68. The van der Waals surface area contributed by atoms with E-state index >= 15 is 0 Å². The zero-order valence-electron chi connectivity index (χ0n) is 12.5. The molecule has 1 fully saturated rings. The Morgan fingerprint density at radius 3 is 1.91 bits per heavy atom. The number of benzene rings is 2. The summed E-state index contributed by atoms with van der Waals surface area (Å²) in [4.78, 5) is 0. The van der Waals surface area contributed by atoms with Gasteiger partial charge in [-0.3, -0.25) is 0 Å². The quantitative estimate of drug-likeness (QED) is 0.534. The first-order valence-corrected chi connectivity index (χ1v) is 9.12. The Kier molecular flexibility index (Phi) is 5.38. The molecule has 22 heavy (non-hydrogen) atoms. The second kappa shape index (κ2) is 7.48. The Morgan fingerprint density at radius 1 is 0.818 bits per heavy atom. The molecule has 2 aromatic rings. The van der Waals surface area contributed by atoms with Crippen molar-refractivity contribution >= 4 is 27.5 Å². The van der Waals surface area contributed by atoms with Gasteiger partial charge >= 0.3 is 0 Å². The van der Waals surface area contributed by atoms with E-state index in [0.29, 0.717) is 11.8 Å². The molecule has 2 heteroatoms. The zero-order chi connectivity index (χ0) is 15.4. The third-order valence-corrected chi connectivity index (χ3v) is 5.35. The molecule has 1 aliphatic carbocycles. The van der Waals surface area contributed by atoms with Crippen molar-refractivity contribution in [3.63, 3.8) is 0 Å². The maximum Gasteiger partial charge on any atom is 0.0175 e. The zero-order valence-corrected chi connectivity index (χ0v) is 14.9. The van der Waals surface area contributed by atoms with E-state index in [1.165, 1.54) is 42.4 Å². The van der Waals surface area contributed by atoms with E-state index in [9.17, 15) is 0 Å². The van der Waals surface area contributed by atoms with Crippen molar-refractivity contribution in [1.29, 1.82) is 0 Å². The van der Waals surface area contributed by atoms with Crippen molar-refractivity contribution < 1.29 is 0 Å². The van der Waals surface area contributed by atoms with Crippen molar-refractivity contribution in [3.8, 4) is 11.1 Å². The van der Waals surface area contributed by atoms with Gasteiger partial charge in [-0.25, -0.2) is 0 Å². The minimum Gasteiger partial charge on any atom is -0.0933 e. The lowest BCUT2D eigenvalue weighted by molar-refractivity contribution is 0.376. The summed E-state index contributed by atoms with van der Waals surface area (Å²) in [5.41, 5.74) is 5.72. The van der Waals surface area contributed by atoms with Crippen LogP contribution in [0, 0.1) is 5.92 Å². The molecule has 0 atom stereocenters. The maximum absolute atomic E-state index is 5.69. The van der Waals surface area contributed by atoms with Crippen LogP contribution in [-0.4, -0.2) is 0 Å². The Hall–Kier alpha value is -1.05. The fraction of sp³-hybridized carbons (Fsp3) is 0.300. The van der Waals surface area contributed by atoms with Crippen LogP contribution < -0.4 is 0 Å². The molecule has 1 aliphatic rings. The predicted octanol–water partition coefficient (Wildman–Crippen LogP) is 7.14. The van der Waals surface area contributed by atoms with Gasteiger partial charge in [0.1, 0.15) is 0 Å². The molecule has 1 saturated carbocycles. The molecule has 0 aliphatic heterocycles. The lowest BCUT2D eigenvalue weighted by Crippen LogP contribution is -2.11. The number of hydrogen-bond acceptors (Lipinski definition) is 0. The fourth-order valence-electron chi connectivity index (χ4n) is 3.34. The van der Waals surface area contributed by atoms with Crippen LogP contribution in [0.25, 0.3) is 11.1 Å². The van der Waals surface area contributed by atoms with Crippen LogP contribution in [0.1, 0.15) is 37.2 Å². The topological polar surface area (TPSA) is 0 Å². The molecule has 0 heterocycles. The van der Waals surface area contributed by atoms with Crippen LogP contribution in [-0.2, 0) is 0 Å². The Morgan fingerprint density at radius 2 is 1.36 bits per heavy atom. The smallest absolute Gasteiger partial charge is 0.0175 e. The summed E-state index contributed by atoms with van der Waals surface area (Å²) in [5, 5.41) is 0.